The summed E-state index contributed by atoms with van der Waals surface area (Å²) < 4.78 is 10.3. The maximum Gasteiger partial charge on any atom is 0.341 e. The van der Waals surface area contributed by atoms with E-state index in [9.17, 15) is 19.2 Å². The van der Waals surface area contributed by atoms with Gasteiger partial charge in [0.15, 0.2) is 0 Å². The van der Waals surface area contributed by atoms with E-state index in [0.29, 0.717) is 21.8 Å². The van der Waals surface area contributed by atoms with Gasteiger partial charge in [0.25, 0.3) is 11.8 Å². The second kappa shape index (κ2) is 10.4. The highest BCUT2D eigenvalue weighted by molar-refractivity contribution is 7.16. The topological polar surface area (TPSA) is 102 Å². The van der Waals surface area contributed by atoms with Crippen molar-refractivity contribution >= 4 is 46.1 Å². The number of nitrogens with one attached hydrogen (secondary N) is 1. The minimum absolute atomic E-state index is 0.0288. The lowest BCUT2D eigenvalue weighted by Gasteiger charge is -2.12. The Hall–Kier alpha value is -4.24. The van der Waals surface area contributed by atoms with E-state index in [1.807, 2.05) is 6.07 Å². The Kier molecular flexibility index (Phi) is 7.07. The monoisotopic (exact) mass is 490 g/mol. The highest BCUT2D eigenvalue weighted by Crippen LogP contribution is 2.32. The maximum absolute atomic E-state index is 12.7. The van der Waals surface area contributed by atoms with E-state index in [4.69, 9.17) is 9.47 Å². The molecular formula is C26H22N2O6S. The Balaban J connectivity index is 1.54. The van der Waals surface area contributed by atoms with Crippen LogP contribution < -0.4 is 10.1 Å². The molecule has 1 aliphatic heterocycles. The summed E-state index contributed by atoms with van der Waals surface area (Å²) >= 11 is 1.11. The molecule has 1 N–H and O–H groups in total. The van der Waals surface area contributed by atoms with Gasteiger partial charge >= 0.3 is 5.97 Å². The number of esters is 1. The molecule has 2 aromatic carbocycles. The second-order valence-electron chi connectivity index (χ2n) is 7.52. The molecule has 9 heteroatoms. The molecule has 3 aromatic rings. The van der Waals surface area contributed by atoms with E-state index < -0.39 is 23.7 Å². The van der Waals surface area contributed by atoms with Gasteiger partial charge in [-0.25, -0.2) is 4.79 Å². The lowest BCUT2D eigenvalue weighted by molar-refractivity contribution is -0.111. The Labute approximate surface area is 205 Å². The van der Waals surface area contributed by atoms with Gasteiger partial charge in [0, 0.05) is 11.0 Å². The number of hydrogen-bond donors (Lipinski definition) is 1. The first-order valence-corrected chi connectivity index (χ1v) is 11.6. The maximum atomic E-state index is 12.7. The molecule has 0 saturated heterocycles. The number of imide groups is 1. The van der Waals surface area contributed by atoms with Crippen LogP contribution in [0.5, 0.6) is 5.75 Å². The Morgan fingerprint density at radius 2 is 1.74 bits per heavy atom. The third-order valence-electron chi connectivity index (χ3n) is 5.23. The smallest absolute Gasteiger partial charge is 0.341 e. The third-order valence-corrected chi connectivity index (χ3v) is 6.26. The molecule has 178 valence electrons. The number of ether oxygens (including phenoxy) is 2. The average molecular weight is 491 g/mol. The molecule has 0 saturated carbocycles. The number of anilines is 1. The molecule has 0 spiro atoms. The van der Waals surface area contributed by atoms with Crippen molar-refractivity contribution in [2.24, 2.45) is 0 Å². The van der Waals surface area contributed by atoms with Crippen LogP contribution in [-0.4, -0.2) is 42.3 Å². The van der Waals surface area contributed by atoms with E-state index in [-0.39, 0.29) is 23.7 Å². The van der Waals surface area contributed by atoms with Crippen LogP contribution in [0.15, 0.2) is 60.7 Å². The number of carbonyl (C=O) groups is 4. The predicted octanol–water partition coefficient (Wildman–Crippen LogP) is 4.38. The van der Waals surface area contributed by atoms with Gasteiger partial charge < -0.3 is 14.8 Å². The number of amides is 3. The van der Waals surface area contributed by atoms with E-state index in [1.54, 1.807) is 62.6 Å². The van der Waals surface area contributed by atoms with Crippen molar-refractivity contribution in [3.63, 3.8) is 0 Å². The quantitative estimate of drug-likeness (QED) is 0.286. The number of fused-ring (bicyclic) bond motifs is 1. The molecule has 1 aromatic heterocycles. The van der Waals surface area contributed by atoms with Gasteiger partial charge in [-0.05, 0) is 48.9 Å². The molecule has 8 nitrogen and oxygen atoms in total. The van der Waals surface area contributed by atoms with Gasteiger partial charge in [-0.1, -0.05) is 24.3 Å². The number of methoxy groups -OCH3 is 1. The van der Waals surface area contributed by atoms with Gasteiger partial charge in [-0.15, -0.1) is 11.3 Å². The minimum Gasteiger partial charge on any atom is -0.497 e. The Bertz CT molecular complexity index is 1310. The van der Waals surface area contributed by atoms with E-state index in [0.717, 1.165) is 21.8 Å². The van der Waals surface area contributed by atoms with Crippen LogP contribution in [0.25, 0.3) is 6.08 Å². The Morgan fingerprint density at radius 3 is 2.40 bits per heavy atom. The van der Waals surface area contributed by atoms with Crippen molar-refractivity contribution in [2.45, 2.75) is 13.5 Å². The first-order valence-electron chi connectivity index (χ1n) is 10.8. The van der Waals surface area contributed by atoms with Crippen molar-refractivity contribution in [1.82, 2.24) is 4.90 Å². The molecule has 35 heavy (non-hydrogen) atoms. The van der Waals surface area contributed by atoms with Crippen molar-refractivity contribution in [2.75, 3.05) is 19.0 Å². The molecular weight excluding hydrogens is 468 g/mol. The third kappa shape index (κ3) is 5.15. The van der Waals surface area contributed by atoms with Crippen LogP contribution in [0.2, 0.25) is 0 Å². The van der Waals surface area contributed by atoms with Gasteiger partial charge in [0.05, 0.1) is 37.0 Å². The number of rotatable bonds is 8. The van der Waals surface area contributed by atoms with E-state index >= 15 is 0 Å². The molecule has 0 fully saturated rings. The van der Waals surface area contributed by atoms with Gasteiger partial charge in [-0.3, -0.25) is 19.3 Å². The number of benzene rings is 2. The number of nitrogens with zero attached hydrogens (tertiary/aromatic N) is 1. The summed E-state index contributed by atoms with van der Waals surface area (Å²) in [6, 6.07) is 15.3. The van der Waals surface area contributed by atoms with Crippen LogP contribution in [0.4, 0.5) is 5.00 Å². The summed E-state index contributed by atoms with van der Waals surface area (Å²) in [6.45, 7) is 1.81. The average Bonchev–Trinajstić information content (AvgIpc) is 3.37. The van der Waals surface area contributed by atoms with Crippen molar-refractivity contribution in [1.29, 1.82) is 0 Å². The largest absolute Gasteiger partial charge is 0.497 e. The van der Waals surface area contributed by atoms with Crippen LogP contribution in [0.3, 0.4) is 0 Å². The lowest BCUT2D eigenvalue weighted by atomic mass is 10.1. The van der Waals surface area contributed by atoms with E-state index in [1.165, 1.54) is 12.1 Å². The van der Waals surface area contributed by atoms with Crippen LogP contribution in [0, 0.1) is 0 Å². The van der Waals surface area contributed by atoms with Crippen molar-refractivity contribution < 1.29 is 28.7 Å². The summed E-state index contributed by atoms with van der Waals surface area (Å²) in [5.74, 6) is -1.20. The zero-order chi connectivity index (χ0) is 24.9. The highest BCUT2D eigenvalue weighted by atomic mass is 32.1. The van der Waals surface area contributed by atoms with Gasteiger partial charge in [0.1, 0.15) is 10.8 Å². The zero-order valence-electron chi connectivity index (χ0n) is 19.1. The van der Waals surface area contributed by atoms with E-state index in [2.05, 4.69) is 5.32 Å². The fraction of sp³-hybridized carbons (Fsp3) is 0.154. The number of thiophene rings is 1. The standard InChI is InChI=1S/C26H22N2O6S/c1-3-34-26(32)21-14-18(15-28-24(30)19-9-4-5-10-20(19)25(28)31)35-23(21)27-22(29)12-11-16-7-6-8-17(13-16)33-2/h4-14H,3,15H2,1-2H3,(H,27,29)/b12-11+. The first-order chi connectivity index (χ1) is 16.9. The molecule has 3 amide bonds. The molecule has 0 radical (unpaired) electrons. The van der Waals surface area contributed by atoms with Crippen molar-refractivity contribution in [3.05, 3.63) is 87.8 Å². The predicted molar refractivity (Wildman–Crippen MR) is 132 cm³/mol. The zero-order valence-corrected chi connectivity index (χ0v) is 19.9. The fourth-order valence-electron chi connectivity index (χ4n) is 3.58. The Morgan fingerprint density at radius 1 is 1.03 bits per heavy atom. The second-order valence-corrected chi connectivity index (χ2v) is 8.65. The van der Waals surface area contributed by atoms with Gasteiger partial charge in [-0.2, -0.15) is 0 Å². The molecule has 0 aliphatic carbocycles. The molecule has 4 rings (SSSR count). The summed E-state index contributed by atoms with van der Waals surface area (Å²) in [4.78, 5) is 52.2. The lowest BCUT2D eigenvalue weighted by Crippen LogP contribution is -2.28. The molecule has 0 atom stereocenters. The normalized spacial score (nSPS) is 12.7. The molecule has 1 aliphatic rings. The number of hydrogen-bond acceptors (Lipinski definition) is 7. The van der Waals surface area contributed by atoms with Crippen LogP contribution >= 0.6 is 11.3 Å². The summed E-state index contributed by atoms with van der Waals surface area (Å²) in [5, 5.41) is 2.98. The first kappa shape index (κ1) is 23.9. The number of carbonyl (C=O) groups excluding carboxylic acids is 4. The fourth-order valence-corrected chi connectivity index (χ4v) is 4.62. The van der Waals surface area contributed by atoms with Crippen LogP contribution in [-0.2, 0) is 16.1 Å². The molecule has 2 heterocycles. The van der Waals surface area contributed by atoms with Crippen LogP contribution in [0.1, 0.15) is 48.4 Å². The minimum atomic E-state index is -0.607. The molecule has 0 bridgehead atoms. The summed E-state index contributed by atoms with van der Waals surface area (Å²) in [5.41, 5.74) is 1.61. The van der Waals surface area contributed by atoms with Crippen molar-refractivity contribution in [3.8, 4) is 5.75 Å². The van der Waals surface area contributed by atoms with Gasteiger partial charge in [0.2, 0.25) is 5.91 Å². The summed E-state index contributed by atoms with van der Waals surface area (Å²) in [7, 11) is 1.56. The molecule has 0 unspecified atom stereocenters. The SMILES string of the molecule is CCOC(=O)c1cc(CN2C(=O)c3ccccc3C2=O)sc1NC(=O)/C=C/c1cccc(OC)c1. The highest BCUT2D eigenvalue weighted by Gasteiger charge is 2.35. The summed E-state index contributed by atoms with van der Waals surface area (Å²) in [6.07, 6.45) is 2.96.